The number of pyridine rings is 1. The van der Waals surface area contributed by atoms with Crippen LogP contribution in [0.25, 0.3) is 0 Å². The minimum absolute atomic E-state index is 0.00434. The molecule has 2 rings (SSSR count). The van der Waals surface area contributed by atoms with Crippen molar-refractivity contribution in [3.63, 3.8) is 0 Å². The molecule has 1 fully saturated rings. The highest BCUT2D eigenvalue weighted by Crippen LogP contribution is 2.29. The molecule has 0 aliphatic heterocycles. The second-order valence-corrected chi connectivity index (χ2v) is 5.74. The van der Waals surface area contributed by atoms with E-state index in [-0.39, 0.29) is 5.69 Å². The smallest absolute Gasteiger partial charge is 0.288 e. The minimum atomic E-state index is -0.441. The Morgan fingerprint density at radius 3 is 2.67 bits per heavy atom. The SMILES string of the molecule is CC1CCC(Nc2ncc([N+](=O)[O-])cc2Br)CC1. The first kappa shape index (κ1) is 13.3. The van der Waals surface area contributed by atoms with E-state index in [0.29, 0.717) is 16.3 Å². The van der Waals surface area contributed by atoms with Crippen molar-refractivity contribution in [2.75, 3.05) is 5.32 Å². The van der Waals surface area contributed by atoms with Crippen molar-refractivity contribution >= 4 is 27.4 Å². The summed E-state index contributed by atoms with van der Waals surface area (Å²) in [7, 11) is 0. The van der Waals surface area contributed by atoms with Gasteiger partial charge in [0.25, 0.3) is 5.69 Å². The Labute approximate surface area is 114 Å². The summed E-state index contributed by atoms with van der Waals surface area (Å²) in [5.74, 6) is 1.50. The molecule has 0 saturated heterocycles. The predicted molar refractivity (Wildman–Crippen MR) is 73.6 cm³/mol. The molecule has 1 heterocycles. The average Bonchev–Trinajstić information content (AvgIpc) is 2.34. The molecule has 98 valence electrons. The lowest BCUT2D eigenvalue weighted by atomic mass is 9.87. The molecule has 0 amide bonds. The van der Waals surface area contributed by atoms with Crippen molar-refractivity contribution in [1.29, 1.82) is 0 Å². The number of nitro groups is 1. The summed E-state index contributed by atoms with van der Waals surface area (Å²) in [6.07, 6.45) is 6.00. The Hall–Kier alpha value is -1.17. The summed E-state index contributed by atoms with van der Waals surface area (Å²) in [5.41, 5.74) is 0.00434. The van der Waals surface area contributed by atoms with Crippen LogP contribution in [0.1, 0.15) is 32.6 Å². The third kappa shape index (κ3) is 3.19. The fraction of sp³-hybridized carbons (Fsp3) is 0.583. The molecule has 1 saturated carbocycles. The molecule has 0 spiro atoms. The molecule has 0 aromatic carbocycles. The van der Waals surface area contributed by atoms with Gasteiger partial charge in [-0.05, 0) is 47.5 Å². The van der Waals surface area contributed by atoms with E-state index in [1.807, 2.05) is 0 Å². The number of anilines is 1. The normalized spacial score (nSPS) is 23.7. The van der Waals surface area contributed by atoms with Gasteiger partial charge in [0.05, 0.1) is 9.40 Å². The van der Waals surface area contributed by atoms with E-state index in [1.165, 1.54) is 25.1 Å². The van der Waals surface area contributed by atoms with Gasteiger partial charge in [0, 0.05) is 12.1 Å². The number of rotatable bonds is 3. The van der Waals surface area contributed by atoms with Crippen LogP contribution in [0.3, 0.4) is 0 Å². The van der Waals surface area contributed by atoms with Crippen LogP contribution in [-0.4, -0.2) is 15.9 Å². The first-order chi connectivity index (χ1) is 8.56. The maximum atomic E-state index is 10.6. The van der Waals surface area contributed by atoms with E-state index in [2.05, 4.69) is 33.2 Å². The van der Waals surface area contributed by atoms with Gasteiger partial charge < -0.3 is 5.32 Å². The van der Waals surface area contributed by atoms with E-state index < -0.39 is 4.92 Å². The van der Waals surface area contributed by atoms with Crippen LogP contribution >= 0.6 is 15.9 Å². The van der Waals surface area contributed by atoms with Gasteiger partial charge in [-0.3, -0.25) is 10.1 Å². The largest absolute Gasteiger partial charge is 0.366 e. The zero-order valence-corrected chi connectivity index (χ0v) is 11.8. The number of nitrogens with one attached hydrogen (secondary N) is 1. The molecular formula is C12H16BrN3O2. The fourth-order valence-corrected chi connectivity index (χ4v) is 2.68. The van der Waals surface area contributed by atoms with Crippen LogP contribution in [0.5, 0.6) is 0 Å². The van der Waals surface area contributed by atoms with E-state index >= 15 is 0 Å². The highest BCUT2D eigenvalue weighted by Gasteiger charge is 2.19. The Kier molecular flexibility index (Phi) is 4.16. The minimum Gasteiger partial charge on any atom is -0.366 e. The lowest BCUT2D eigenvalue weighted by Crippen LogP contribution is -2.25. The standard InChI is InChI=1S/C12H16BrN3O2/c1-8-2-4-9(5-3-8)15-12-11(13)6-10(7-14-12)16(17)18/h6-9H,2-5H2,1H3,(H,14,15). The summed E-state index contributed by atoms with van der Waals surface area (Å²) in [6, 6.07) is 1.91. The van der Waals surface area contributed by atoms with Crippen molar-refractivity contribution in [1.82, 2.24) is 4.98 Å². The van der Waals surface area contributed by atoms with Gasteiger partial charge in [-0.25, -0.2) is 4.98 Å². The molecule has 1 N–H and O–H groups in total. The van der Waals surface area contributed by atoms with Crippen molar-refractivity contribution in [2.24, 2.45) is 5.92 Å². The molecule has 0 bridgehead atoms. The van der Waals surface area contributed by atoms with Gasteiger partial charge in [-0.1, -0.05) is 6.92 Å². The van der Waals surface area contributed by atoms with Crippen LogP contribution in [-0.2, 0) is 0 Å². The molecule has 5 nitrogen and oxygen atoms in total. The van der Waals surface area contributed by atoms with Crippen molar-refractivity contribution < 1.29 is 4.92 Å². The number of aromatic nitrogens is 1. The van der Waals surface area contributed by atoms with Crippen LogP contribution < -0.4 is 5.32 Å². The van der Waals surface area contributed by atoms with Crippen molar-refractivity contribution in [2.45, 2.75) is 38.6 Å². The van der Waals surface area contributed by atoms with Gasteiger partial charge in [0.1, 0.15) is 12.0 Å². The van der Waals surface area contributed by atoms with Gasteiger partial charge in [-0.15, -0.1) is 0 Å². The van der Waals surface area contributed by atoms with E-state index in [4.69, 9.17) is 0 Å². The van der Waals surface area contributed by atoms with Crippen molar-refractivity contribution in [3.8, 4) is 0 Å². The third-order valence-electron chi connectivity index (χ3n) is 3.39. The fourth-order valence-electron chi connectivity index (χ4n) is 2.23. The monoisotopic (exact) mass is 313 g/mol. The summed E-state index contributed by atoms with van der Waals surface area (Å²) >= 11 is 3.32. The number of nitrogens with zero attached hydrogens (tertiary/aromatic N) is 2. The zero-order chi connectivity index (χ0) is 13.1. The Morgan fingerprint density at radius 2 is 2.11 bits per heavy atom. The molecule has 1 aliphatic carbocycles. The summed E-state index contributed by atoms with van der Waals surface area (Å²) in [4.78, 5) is 14.3. The van der Waals surface area contributed by atoms with Crippen LogP contribution in [0.2, 0.25) is 0 Å². The molecule has 1 aliphatic rings. The quantitative estimate of drug-likeness (QED) is 0.681. The molecular weight excluding hydrogens is 298 g/mol. The number of halogens is 1. The molecule has 1 aromatic heterocycles. The van der Waals surface area contributed by atoms with Gasteiger partial charge in [0.15, 0.2) is 0 Å². The summed E-state index contributed by atoms with van der Waals surface area (Å²) < 4.78 is 0.648. The van der Waals surface area contributed by atoms with E-state index in [1.54, 1.807) is 0 Å². The highest BCUT2D eigenvalue weighted by atomic mass is 79.9. The van der Waals surface area contributed by atoms with Gasteiger partial charge in [-0.2, -0.15) is 0 Å². The lowest BCUT2D eigenvalue weighted by Gasteiger charge is -2.27. The Morgan fingerprint density at radius 1 is 1.44 bits per heavy atom. The molecule has 6 heteroatoms. The Balaban J connectivity index is 2.03. The highest BCUT2D eigenvalue weighted by molar-refractivity contribution is 9.10. The maximum Gasteiger partial charge on any atom is 0.288 e. The molecule has 0 unspecified atom stereocenters. The van der Waals surface area contributed by atoms with Gasteiger partial charge >= 0.3 is 0 Å². The maximum absolute atomic E-state index is 10.6. The van der Waals surface area contributed by atoms with E-state index in [9.17, 15) is 10.1 Å². The van der Waals surface area contributed by atoms with Crippen LogP contribution in [0.15, 0.2) is 16.7 Å². The topological polar surface area (TPSA) is 68.1 Å². The molecule has 1 aromatic rings. The first-order valence-corrected chi connectivity index (χ1v) is 6.92. The molecule has 18 heavy (non-hydrogen) atoms. The van der Waals surface area contributed by atoms with Gasteiger partial charge in [0.2, 0.25) is 0 Å². The number of hydrogen-bond donors (Lipinski definition) is 1. The lowest BCUT2D eigenvalue weighted by molar-refractivity contribution is -0.385. The zero-order valence-electron chi connectivity index (χ0n) is 10.2. The predicted octanol–water partition coefficient (Wildman–Crippen LogP) is 3.74. The second kappa shape index (κ2) is 5.65. The van der Waals surface area contributed by atoms with E-state index in [0.717, 1.165) is 18.8 Å². The van der Waals surface area contributed by atoms with Crippen molar-refractivity contribution in [3.05, 3.63) is 26.9 Å². The number of hydrogen-bond acceptors (Lipinski definition) is 4. The Bertz CT molecular complexity index is 445. The third-order valence-corrected chi connectivity index (χ3v) is 4.00. The molecule has 0 atom stereocenters. The summed E-state index contributed by atoms with van der Waals surface area (Å²) in [6.45, 7) is 2.27. The first-order valence-electron chi connectivity index (χ1n) is 6.12. The second-order valence-electron chi connectivity index (χ2n) is 4.88. The average molecular weight is 314 g/mol. The van der Waals surface area contributed by atoms with Crippen LogP contribution in [0.4, 0.5) is 11.5 Å². The van der Waals surface area contributed by atoms with Crippen LogP contribution in [0, 0.1) is 16.0 Å². The summed E-state index contributed by atoms with van der Waals surface area (Å²) in [5, 5.41) is 14.0. The molecule has 0 radical (unpaired) electrons.